The lowest BCUT2D eigenvalue weighted by molar-refractivity contribution is 0.415. The molecule has 0 fully saturated rings. The second kappa shape index (κ2) is 7.45. The van der Waals surface area contributed by atoms with Crippen LogP contribution in [0.5, 0.6) is 5.75 Å². The zero-order valence-corrected chi connectivity index (χ0v) is 15.2. The molecule has 134 valence electrons. The number of nitrogens with zero attached hydrogens (tertiary/aromatic N) is 1. The van der Waals surface area contributed by atoms with Gasteiger partial charge in [-0.3, -0.25) is 4.72 Å². The number of hydrogen-bond acceptors (Lipinski definition) is 5. The van der Waals surface area contributed by atoms with Crippen LogP contribution < -0.4 is 14.8 Å². The number of benzene rings is 2. The van der Waals surface area contributed by atoms with Gasteiger partial charge >= 0.3 is 0 Å². The molecule has 0 atom stereocenters. The summed E-state index contributed by atoms with van der Waals surface area (Å²) in [6.45, 7) is 1.76. The summed E-state index contributed by atoms with van der Waals surface area (Å²) in [5, 5.41) is 3.14. The minimum atomic E-state index is -3.65. The Hall–Kier alpha value is -3.06. The molecule has 0 bridgehead atoms. The Morgan fingerprint density at radius 1 is 0.923 bits per heavy atom. The molecule has 2 aromatic carbocycles. The van der Waals surface area contributed by atoms with E-state index in [1.807, 2.05) is 24.3 Å². The van der Waals surface area contributed by atoms with Gasteiger partial charge in [-0.2, -0.15) is 0 Å². The third kappa shape index (κ3) is 4.12. The number of pyridine rings is 1. The predicted octanol–water partition coefficient (Wildman–Crippen LogP) is 3.94. The highest BCUT2D eigenvalue weighted by molar-refractivity contribution is 7.92. The minimum absolute atomic E-state index is 0.250. The largest absolute Gasteiger partial charge is 0.497 e. The molecule has 7 heteroatoms. The molecular weight excluding hydrogens is 350 g/mol. The number of aromatic nitrogens is 1. The lowest BCUT2D eigenvalue weighted by Crippen LogP contribution is -2.14. The van der Waals surface area contributed by atoms with E-state index in [0.717, 1.165) is 11.4 Å². The van der Waals surface area contributed by atoms with Gasteiger partial charge in [-0.1, -0.05) is 18.2 Å². The Labute approximate surface area is 152 Å². The van der Waals surface area contributed by atoms with E-state index in [2.05, 4.69) is 15.0 Å². The second-order valence-electron chi connectivity index (χ2n) is 5.66. The van der Waals surface area contributed by atoms with Crippen LogP contribution in [-0.4, -0.2) is 20.5 Å². The number of anilines is 3. The molecule has 0 aliphatic rings. The molecule has 0 radical (unpaired) electrons. The van der Waals surface area contributed by atoms with Crippen LogP contribution in [0.4, 0.5) is 17.2 Å². The average molecular weight is 369 g/mol. The van der Waals surface area contributed by atoms with E-state index in [1.54, 1.807) is 50.4 Å². The molecular formula is C19H19N3O3S. The van der Waals surface area contributed by atoms with Gasteiger partial charge in [0.2, 0.25) is 0 Å². The summed E-state index contributed by atoms with van der Waals surface area (Å²) in [4.78, 5) is 4.50. The van der Waals surface area contributed by atoms with E-state index in [1.165, 1.54) is 6.20 Å². The first-order valence-electron chi connectivity index (χ1n) is 7.93. The van der Waals surface area contributed by atoms with Gasteiger partial charge < -0.3 is 10.1 Å². The van der Waals surface area contributed by atoms with Gasteiger partial charge in [0.25, 0.3) is 10.0 Å². The van der Waals surface area contributed by atoms with Crippen LogP contribution in [0, 0.1) is 6.92 Å². The number of nitrogens with one attached hydrogen (secondary N) is 2. The van der Waals surface area contributed by atoms with Gasteiger partial charge in [-0.05, 0) is 55.0 Å². The highest BCUT2D eigenvalue weighted by Crippen LogP contribution is 2.21. The van der Waals surface area contributed by atoms with Gasteiger partial charge in [-0.15, -0.1) is 0 Å². The second-order valence-corrected chi connectivity index (χ2v) is 7.31. The minimum Gasteiger partial charge on any atom is -0.497 e. The van der Waals surface area contributed by atoms with Crippen molar-refractivity contribution in [2.24, 2.45) is 0 Å². The summed E-state index contributed by atoms with van der Waals surface area (Å²) in [5.41, 5.74) is 1.94. The van der Waals surface area contributed by atoms with E-state index >= 15 is 0 Å². The first-order chi connectivity index (χ1) is 12.5. The highest BCUT2D eigenvalue weighted by atomic mass is 32.2. The van der Waals surface area contributed by atoms with Crippen molar-refractivity contribution < 1.29 is 13.2 Å². The number of rotatable bonds is 6. The molecule has 0 spiro atoms. The first-order valence-corrected chi connectivity index (χ1v) is 9.42. The zero-order valence-electron chi connectivity index (χ0n) is 14.4. The van der Waals surface area contributed by atoms with Crippen LogP contribution in [0.25, 0.3) is 0 Å². The van der Waals surface area contributed by atoms with Crippen LogP contribution in [0.1, 0.15) is 5.56 Å². The van der Waals surface area contributed by atoms with Crippen molar-refractivity contribution in [3.8, 4) is 5.75 Å². The molecule has 0 aliphatic heterocycles. The molecule has 26 heavy (non-hydrogen) atoms. The Kier molecular flexibility index (Phi) is 5.09. The lowest BCUT2D eigenvalue weighted by Gasteiger charge is -2.11. The fraction of sp³-hybridized carbons (Fsp3) is 0.105. The average Bonchev–Trinajstić information content (AvgIpc) is 2.64. The third-order valence-corrected chi connectivity index (χ3v) is 5.30. The lowest BCUT2D eigenvalue weighted by atomic mass is 10.2. The van der Waals surface area contributed by atoms with Crippen molar-refractivity contribution in [3.63, 3.8) is 0 Å². The maximum absolute atomic E-state index is 12.5. The van der Waals surface area contributed by atoms with Crippen molar-refractivity contribution in [1.82, 2.24) is 4.98 Å². The number of methoxy groups -OCH3 is 1. The van der Waals surface area contributed by atoms with Gasteiger partial charge in [0, 0.05) is 5.69 Å². The Morgan fingerprint density at radius 2 is 1.62 bits per heavy atom. The van der Waals surface area contributed by atoms with E-state index in [9.17, 15) is 8.42 Å². The highest BCUT2D eigenvalue weighted by Gasteiger charge is 2.16. The normalized spacial score (nSPS) is 11.0. The van der Waals surface area contributed by atoms with Gasteiger partial charge in [0.1, 0.15) is 11.6 Å². The maximum atomic E-state index is 12.5. The van der Waals surface area contributed by atoms with Gasteiger partial charge in [0.05, 0.1) is 23.9 Å². The molecule has 0 amide bonds. The summed E-state index contributed by atoms with van der Waals surface area (Å²) in [5.74, 6) is 1.37. The molecule has 3 aromatic rings. The topological polar surface area (TPSA) is 80.3 Å². The van der Waals surface area contributed by atoms with E-state index in [4.69, 9.17) is 4.74 Å². The maximum Gasteiger partial charge on any atom is 0.262 e. The fourth-order valence-electron chi connectivity index (χ4n) is 2.42. The van der Waals surface area contributed by atoms with Crippen molar-refractivity contribution in [3.05, 3.63) is 72.4 Å². The first kappa shape index (κ1) is 17.8. The van der Waals surface area contributed by atoms with Crippen LogP contribution in [0.15, 0.2) is 71.8 Å². The van der Waals surface area contributed by atoms with E-state index in [-0.39, 0.29) is 4.90 Å². The van der Waals surface area contributed by atoms with Crippen LogP contribution >= 0.6 is 0 Å². The van der Waals surface area contributed by atoms with E-state index in [0.29, 0.717) is 17.1 Å². The number of hydrogen-bond donors (Lipinski definition) is 2. The summed E-state index contributed by atoms with van der Waals surface area (Å²) < 4.78 is 32.6. The summed E-state index contributed by atoms with van der Waals surface area (Å²) in [6.07, 6.45) is 1.47. The smallest absolute Gasteiger partial charge is 0.262 e. The molecule has 0 saturated heterocycles. The predicted molar refractivity (Wildman–Crippen MR) is 103 cm³/mol. The SMILES string of the molecule is COc1ccc(Nc2ccc(NS(=O)(=O)c3ccccc3C)cn2)cc1. The summed E-state index contributed by atoms with van der Waals surface area (Å²) >= 11 is 0. The molecule has 2 N–H and O–H groups in total. The van der Waals surface area contributed by atoms with Gasteiger partial charge in [-0.25, -0.2) is 13.4 Å². The number of sulfonamides is 1. The Bertz CT molecular complexity index is 985. The third-order valence-electron chi connectivity index (χ3n) is 3.76. The van der Waals surface area contributed by atoms with Crippen molar-refractivity contribution in [2.75, 3.05) is 17.1 Å². The molecule has 6 nitrogen and oxygen atoms in total. The van der Waals surface area contributed by atoms with E-state index < -0.39 is 10.0 Å². The Balaban J connectivity index is 1.72. The zero-order chi connectivity index (χ0) is 18.6. The molecule has 1 aromatic heterocycles. The summed E-state index contributed by atoms with van der Waals surface area (Å²) in [7, 11) is -2.04. The fourth-order valence-corrected chi connectivity index (χ4v) is 3.71. The quantitative estimate of drug-likeness (QED) is 0.688. The van der Waals surface area contributed by atoms with Gasteiger partial charge in [0.15, 0.2) is 0 Å². The van der Waals surface area contributed by atoms with Crippen LogP contribution in [-0.2, 0) is 10.0 Å². The molecule has 3 rings (SSSR count). The molecule has 0 saturated carbocycles. The number of aryl methyl sites for hydroxylation is 1. The number of ether oxygens (including phenoxy) is 1. The van der Waals surface area contributed by atoms with Crippen LogP contribution in [0.2, 0.25) is 0 Å². The van der Waals surface area contributed by atoms with Crippen molar-refractivity contribution in [1.29, 1.82) is 0 Å². The molecule has 0 aliphatic carbocycles. The standard InChI is InChI=1S/C19H19N3O3S/c1-14-5-3-4-6-18(14)26(23,24)22-16-9-12-19(20-13-16)21-15-7-10-17(25-2)11-8-15/h3-13,22H,1-2H3,(H,20,21). The molecule has 1 heterocycles. The Morgan fingerprint density at radius 3 is 2.23 bits per heavy atom. The van der Waals surface area contributed by atoms with Crippen molar-refractivity contribution in [2.45, 2.75) is 11.8 Å². The molecule has 0 unspecified atom stereocenters. The monoisotopic (exact) mass is 369 g/mol. The van der Waals surface area contributed by atoms with Crippen molar-refractivity contribution >= 4 is 27.2 Å². The van der Waals surface area contributed by atoms with Crippen LogP contribution in [0.3, 0.4) is 0 Å². The summed E-state index contributed by atoms with van der Waals surface area (Å²) in [6, 6.07) is 17.6.